The second-order valence-corrected chi connectivity index (χ2v) is 4.45. The molecule has 1 heterocycles. The van der Waals surface area contributed by atoms with Crippen molar-refractivity contribution < 1.29 is 14.3 Å². The number of ether oxygens (including phenoxy) is 1. The third-order valence-corrected chi connectivity index (χ3v) is 2.98. The van der Waals surface area contributed by atoms with Crippen LogP contribution in [0.2, 0.25) is 0 Å². The molecular weight excluding hydrogens is 246 g/mol. The predicted octanol–water partition coefficient (Wildman–Crippen LogP) is 0.0208. The summed E-state index contributed by atoms with van der Waals surface area (Å²) in [6, 6.07) is 4.97. The number of hydrogen-bond donors (Lipinski definition) is 3. The maximum absolute atomic E-state index is 11.9. The molecule has 1 aliphatic rings. The summed E-state index contributed by atoms with van der Waals surface area (Å²) in [5.41, 5.74) is 7.04. The average Bonchev–Trinajstić information content (AvgIpc) is 2.39. The Kier molecular flexibility index (Phi) is 4.13. The summed E-state index contributed by atoms with van der Waals surface area (Å²) in [7, 11) is 0. The monoisotopic (exact) mass is 263 g/mol. The van der Waals surface area contributed by atoms with Gasteiger partial charge in [-0.15, -0.1) is 0 Å². The molecule has 0 aliphatic carbocycles. The number of hydrogen-bond acceptors (Lipinski definition) is 4. The number of aryl methyl sites for hydroxylation is 1. The first-order valence-electron chi connectivity index (χ1n) is 6.11. The summed E-state index contributed by atoms with van der Waals surface area (Å²) in [6.07, 6.45) is -0.482. The van der Waals surface area contributed by atoms with Crippen LogP contribution < -0.4 is 16.4 Å². The number of primary amides is 1. The standard InChI is InChI=1S/C13H17N3O3/c1-8-6-9(2-3-10(8)12(14)17)16-13(18)11-7-15-4-5-19-11/h2-3,6,11,15H,4-5,7H2,1H3,(H2,14,17)(H,16,18). The fraction of sp³-hybridized carbons (Fsp3) is 0.385. The van der Waals surface area contributed by atoms with E-state index in [1.165, 1.54) is 0 Å². The smallest absolute Gasteiger partial charge is 0.254 e. The van der Waals surface area contributed by atoms with Gasteiger partial charge in [-0.05, 0) is 30.7 Å². The predicted molar refractivity (Wildman–Crippen MR) is 70.9 cm³/mol. The number of rotatable bonds is 3. The molecule has 6 heteroatoms. The summed E-state index contributed by atoms with van der Waals surface area (Å²) in [5.74, 6) is -0.673. The molecular formula is C13H17N3O3. The van der Waals surface area contributed by atoms with Gasteiger partial charge in [0.25, 0.3) is 5.91 Å². The molecule has 2 rings (SSSR count). The van der Waals surface area contributed by atoms with E-state index in [2.05, 4.69) is 10.6 Å². The zero-order chi connectivity index (χ0) is 13.8. The third kappa shape index (κ3) is 3.30. The molecule has 1 fully saturated rings. The van der Waals surface area contributed by atoms with Crippen molar-refractivity contribution in [3.05, 3.63) is 29.3 Å². The Morgan fingerprint density at radius 2 is 2.26 bits per heavy atom. The van der Waals surface area contributed by atoms with Crippen molar-refractivity contribution in [2.24, 2.45) is 5.73 Å². The summed E-state index contributed by atoms with van der Waals surface area (Å²) < 4.78 is 5.36. The normalized spacial score (nSPS) is 18.9. The molecule has 0 aromatic heterocycles. The molecule has 1 atom stereocenters. The van der Waals surface area contributed by atoms with Gasteiger partial charge in [0.1, 0.15) is 6.10 Å². The number of carbonyl (C=O) groups excluding carboxylic acids is 2. The molecule has 102 valence electrons. The molecule has 4 N–H and O–H groups in total. The van der Waals surface area contributed by atoms with Crippen molar-refractivity contribution in [2.75, 3.05) is 25.0 Å². The molecule has 0 bridgehead atoms. The van der Waals surface area contributed by atoms with Crippen molar-refractivity contribution in [3.8, 4) is 0 Å². The van der Waals surface area contributed by atoms with Crippen LogP contribution >= 0.6 is 0 Å². The first-order valence-corrected chi connectivity index (χ1v) is 6.11. The van der Waals surface area contributed by atoms with E-state index in [1.807, 2.05) is 0 Å². The highest BCUT2D eigenvalue weighted by atomic mass is 16.5. The Balaban J connectivity index is 2.04. The minimum absolute atomic E-state index is 0.196. The number of carbonyl (C=O) groups is 2. The average molecular weight is 263 g/mol. The van der Waals surface area contributed by atoms with Crippen molar-refractivity contribution >= 4 is 17.5 Å². The van der Waals surface area contributed by atoms with Gasteiger partial charge in [-0.3, -0.25) is 9.59 Å². The van der Waals surface area contributed by atoms with Crippen LogP contribution in [0.4, 0.5) is 5.69 Å². The van der Waals surface area contributed by atoms with E-state index < -0.39 is 12.0 Å². The summed E-state index contributed by atoms with van der Waals surface area (Å²) in [6.45, 7) is 3.56. The molecule has 1 unspecified atom stereocenters. The number of benzene rings is 1. The van der Waals surface area contributed by atoms with Gasteiger partial charge in [-0.25, -0.2) is 0 Å². The van der Waals surface area contributed by atoms with Crippen LogP contribution in [0.25, 0.3) is 0 Å². The second-order valence-electron chi connectivity index (χ2n) is 4.45. The highest BCUT2D eigenvalue weighted by molar-refractivity contribution is 5.97. The molecule has 1 aromatic carbocycles. The minimum atomic E-state index is -0.482. The highest BCUT2D eigenvalue weighted by Gasteiger charge is 2.21. The lowest BCUT2D eigenvalue weighted by atomic mass is 10.1. The van der Waals surface area contributed by atoms with Crippen LogP contribution in [0.3, 0.4) is 0 Å². The third-order valence-electron chi connectivity index (χ3n) is 2.98. The zero-order valence-electron chi connectivity index (χ0n) is 10.7. The number of morpholine rings is 1. The van der Waals surface area contributed by atoms with Crippen LogP contribution in [0, 0.1) is 6.92 Å². The topological polar surface area (TPSA) is 93.4 Å². The molecule has 19 heavy (non-hydrogen) atoms. The van der Waals surface area contributed by atoms with Crippen molar-refractivity contribution in [2.45, 2.75) is 13.0 Å². The van der Waals surface area contributed by atoms with Gasteiger partial charge in [0, 0.05) is 24.3 Å². The lowest BCUT2D eigenvalue weighted by Crippen LogP contribution is -2.45. The molecule has 1 aromatic rings. The molecule has 0 spiro atoms. The second kappa shape index (κ2) is 5.81. The maximum Gasteiger partial charge on any atom is 0.254 e. The number of nitrogens with two attached hydrogens (primary N) is 1. The van der Waals surface area contributed by atoms with Crippen molar-refractivity contribution in [3.63, 3.8) is 0 Å². The number of amides is 2. The van der Waals surface area contributed by atoms with E-state index in [-0.39, 0.29) is 5.91 Å². The first-order chi connectivity index (χ1) is 9.08. The summed E-state index contributed by atoms with van der Waals surface area (Å²) >= 11 is 0. The Morgan fingerprint density at radius 3 is 2.84 bits per heavy atom. The van der Waals surface area contributed by atoms with Gasteiger partial charge in [0.2, 0.25) is 5.91 Å². The lowest BCUT2D eigenvalue weighted by Gasteiger charge is -2.22. The van der Waals surface area contributed by atoms with Gasteiger partial charge in [0.05, 0.1) is 6.61 Å². The van der Waals surface area contributed by atoms with E-state index >= 15 is 0 Å². The Hall–Kier alpha value is -1.92. The van der Waals surface area contributed by atoms with Crippen LogP contribution in [0.1, 0.15) is 15.9 Å². The van der Waals surface area contributed by atoms with Crippen molar-refractivity contribution in [1.82, 2.24) is 5.32 Å². The van der Waals surface area contributed by atoms with Crippen LogP contribution in [0.15, 0.2) is 18.2 Å². The Labute approximate surface area is 111 Å². The number of nitrogens with one attached hydrogen (secondary N) is 2. The molecule has 1 aliphatic heterocycles. The molecule has 0 radical (unpaired) electrons. The number of anilines is 1. The highest BCUT2D eigenvalue weighted by Crippen LogP contribution is 2.15. The molecule has 6 nitrogen and oxygen atoms in total. The van der Waals surface area contributed by atoms with Crippen LogP contribution in [-0.2, 0) is 9.53 Å². The van der Waals surface area contributed by atoms with Gasteiger partial charge >= 0.3 is 0 Å². The fourth-order valence-electron chi connectivity index (χ4n) is 1.97. The minimum Gasteiger partial charge on any atom is -0.366 e. The van der Waals surface area contributed by atoms with Gasteiger partial charge in [-0.1, -0.05) is 0 Å². The largest absolute Gasteiger partial charge is 0.366 e. The van der Waals surface area contributed by atoms with E-state index in [1.54, 1.807) is 25.1 Å². The molecule has 0 saturated carbocycles. The van der Waals surface area contributed by atoms with Gasteiger partial charge in [0.15, 0.2) is 0 Å². The molecule has 1 saturated heterocycles. The van der Waals surface area contributed by atoms with Crippen LogP contribution in [-0.4, -0.2) is 37.6 Å². The van der Waals surface area contributed by atoms with E-state index in [4.69, 9.17) is 10.5 Å². The Bertz CT molecular complexity index is 496. The SMILES string of the molecule is Cc1cc(NC(=O)C2CNCCO2)ccc1C(N)=O. The summed E-state index contributed by atoms with van der Waals surface area (Å²) in [4.78, 5) is 23.0. The van der Waals surface area contributed by atoms with E-state index in [0.717, 1.165) is 12.1 Å². The van der Waals surface area contributed by atoms with E-state index in [0.29, 0.717) is 24.4 Å². The van der Waals surface area contributed by atoms with E-state index in [9.17, 15) is 9.59 Å². The van der Waals surface area contributed by atoms with Crippen LogP contribution in [0.5, 0.6) is 0 Å². The van der Waals surface area contributed by atoms with Crippen molar-refractivity contribution in [1.29, 1.82) is 0 Å². The lowest BCUT2D eigenvalue weighted by molar-refractivity contribution is -0.128. The van der Waals surface area contributed by atoms with Gasteiger partial charge in [-0.2, -0.15) is 0 Å². The summed E-state index contributed by atoms with van der Waals surface area (Å²) in [5, 5.41) is 5.85. The fourth-order valence-corrected chi connectivity index (χ4v) is 1.97. The zero-order valence-corrected chi connectivity index (χ0v) is 10.7. The Morgan fingerprint density at radius 1 is 1.47 bits per heavy atom. The quantitative estimate of drug-likeness (QED) is 0.716. The molecule has 2 amide bonds. The first kappa shape index (κ1) is 13.5. The maximum atomic E-state index is 11.9. The van der Waals surface area contributed by atoms with Gasteiger partial charge < -0.3 is 21.1 Å².